The molecule has 0 aliphatic heterocycles. The highest BCUT2D eigenvalue weighted by molar-refractivity contribution is 7.80. The maximum atomic E-state index is 5.10. The van der Waals surface area contributed by atoms with Crippen molar-refractivity contribution < 1.29 is 4.74 Å². The highest BCUT2D eigenvalue weighted by atomic mass is 32.1. The van der Waals surface area contributed by atoms with Crippen LogP contribution >= 0.6 is 12.6 Å². The third-order valence-electron chi connectivity index (χ3n) is 1.34. The molecule has 1 rings (SSSR count). The zero-order chi connectivity index (χ0) is 9.52. The average molecular weight is 196 g/mol. The molecule has 0 unspecified atom stereocenters. The molecule has 1 aromatic heterocycles. The Labute approximate surface area is 83.3 Å². The lowest BCUT2D eigenvalue weighted by Gasteiger charge is -1.99. The van der Waals surface area contributed by atoms with Gasteiger partial charge in [-0.2, -0.15) is 12.6 Å². The molecule has 0 aliphatic rings. The van der Waals surface area contributed by atoms with Crippen molar-refractivity contribution in [2.24, 2.45) is 0 Å². The van der Waals surface area contributed by atoms with Crippen LogP contribution in [0.5, 0.6) is 6.01 Å². The largest absolute Gasteiger partial charge is 0.464 e. The van der Waals surface area contributed by atoms with Gasteiger partial charge in [-0.05, 0) is 6.92 Å². The van der Waals surface area contributed by atoms with E-state index in [9.17, 15) is 0 Å². The molecular formula is C9H12N2OS. The van der Waals surface area contributed by atoms with Crippen molar-refractivity contribution in [2.45, 2.75) is 6.92 Å². The van der Waals surface area contributed by atoms with Gasteiger partial charge in [0.05, 0.1) is 6.61 Å². The quantitative estimate of drug-likeness (QED) is 0.746. The van der Waals surface area contributed by atoms with Crippen LogP contribution in [-0.2, 0) is 0 Å². The third-order valence-corrected chi connectivity index (χ3v) is 1.55. The van der Waals surface area contributed by atoms with Gasteiger partial charge in [0.15, 0.2) is 0 Å². The van der Waals surface area contributed by atoms with Gasteiger partial charge in [-0.1, -0.05) is 12.2 Å². The molecule has 0 fully saturated rings. The monoisotopic (exact) mass is 196 g/mol. The summed E-state index contributed by atoms with van der Waals surface area (Å²) in [6.45, 7) is 2.49. The third kappa shape index (κ3) is 3.46. The first-order valence-electron chi connectivity index (χ1n) is 4.09. The van der Waals surface area contributed by atoms with Gasteiger partial charge in [-0.25, -0.2) is 9.97 Å². The maximum Gasteiger partial charge on any atom is 0.316 e. The Kier molecular flexibility index (Phi) is 4.32. The molecule has 1 heterocycles. The summed E-state index contributed by atoms with van der Waals surface area (Å²) >= 11 is 4.05. The van der Waals surface area contributed by atoms with Crippen molar-refractivity contribution in [3.05, 3.63) is 24.0 Å². The van der Waals surface area contributed by atoms with E-state index in [1.54, 1.807) is 12.4 Å². The van der Waals surface area contributed by atoms with E-state index in [0.29, 0.717) is 18.4 Å². The van der Waals surface area contributed by atoms with Crippen LogP contribution in [0, 0.1) is 0 Å². The Morgan fingerprint density at radius 1 is 1.46 bits per heavy atom. The van der Waals surface area contributed by atoms with E-state index < -0.39 is 0 Å². The summed E-state index contributed by atoms with van der Waals surface area (Å²) in [5, 5.41) is 0. The number of ether oxygens (including phenoxy) is 1. The van der Waals surface area contributed by atoms with Crippen LogP contribution in [0.4, 0.5) is 0 Å². The number of hydrogen-bond acceptors (Lipinski definition) is 4. The molecule has 0 saturated heterocycles. The van der Waals surface area contributed by atoms with Crippen LogP contribution in [0.2, 0.25) is 0 Å². The molecule has 3 nitrogen and oxygen atoms in total. The fourth-order valence-corrected chi connectivity index (χ4v) is 0.910. The van der Waals surface area contributed by atoms with E-state index in [1.165, 1.54) is 0 Å². The molecule has 4 heteroatoms. The predicted octanol–water partition coefficient (Wildman–Crippen LogP) is 1.82. The first-order chi connectivity index (χ1) is 6.36. The molecule has 0 bridgehead atoms. The fraction of sp³-hybridized carbons (Fsp3) is 0.333. The summed E-state index contributed by atoms with van der Waals surface area (Å²) in [5.41, 5.74) is 0.956. The minimum atomic E-state index is 0.422. The molecule has 13 heavy (non-hydrogen) atoms. The minimum absolute atomic E-state index is 0.422. The van der Waals surface area contributed by atoms with E-state index in [-0.39, 0.29) is 0 Å². The first kappa shape index (κ1) is 10.1. The molecule has 0 radical (unpaired) electrons. The van der Waals surface area contributed by atoms with Gasteiger partial charge in [-0.3, -0.25) is 0 Å². The Morgan fingerprint density at radius 3 is 2.69 bits per heavy atom. The second kappa shape index (κ2) is 5.59. The summed E-state index contributed by atoms with van der Waals surface area (Å²) in [7, 11) is 0. The maximum absolute atomic E-state index is 5.10. The van der Waals surface area contributed by atoms with Crippen molar-refractivity contribution >= 4 is 18.7 Å². The summed E-state index contributed by atoms with van der Waals surface area (Å²) in [4.78, 5) is 8.02. The molecule has 0 amide bonds. The van der Waals surface area contributed by atoms with E-state index in [2.05, 4.69) is 22.6 Å². The van der Waals surface area contributed by atoms with Gasteiger partial charge in [0.25, 0.3) is 0 Å². The summed E-state index contributed by atoms with van der Waals surface area (Å²) in [5.74, 6) is 0.715. The average Bonchev–Trinajstić information content (AvgIpc) is 2.17. The van der Waals surface area contributed by atoms with Crippen molar-refractivity contribution in [3.63, 3.8) is 0 Å². The van der Waals surface area contributed by atoms with Crippen LogP contribution in [-0.4, -0.2) is 22.3 Å². The molecule has 0 atom stereocenters. The molecular weight excluding hydrogens is 184 g/mol. The first-order valence-corrected chi connectivity index (χ1v) is 4.72. The minimum Gasteiger partial charge on any atom is -0.464 e. The summed E-state index contributed by atoms with van der Waals surface area (Å²) in [6.07, 6.45) is 7.29. The normalized spacial score (nSPS) is 10.6. The van der Waals surface area contributed by atoms with Crippen molar-refractivity contribution in [2.75, 3.05) is 12.4 Å². The van der Waals surface area contributed by atoms with Gasteiger partial charge in [0.1, 0.15) is 0 Å². The molecule has 0 aliphatic carbocycles. The molecule has 0 N–H and O–H groups in total. The van der Waals surface area contributed by atoms with Gasteiger partial charge in [0, 0.05) is 23.7 Å². The topological polar surface area (TPSA) is 35.0 Å². The lowest BCUT2D eigenvalue weighted by Crippen LogP contribution is -1.96. The van der Waals surface area contributed by atoms with Crippen LogP contribution < -0.4 is 4.74 Å². The lowest BCUT2D eigenvalue weighted by molar-refractivity contribution is 0.312. The SMILES string of the molecule is CCOc1ncc(C=CCS)cn1. The van der Waals surface area contributed by atoms with Crippen molar-refractivity contribution in [1.29, 1.82) is 0 Å². The van der Waals surface area contributed by atoms with Gasteiger partial charge >= 0.3 is 6.01 Å². The Morgan fingerprint density at radius 2 is 2.15 bits per heavy atom. The zero-order valence-electron chi connectivity index (χ0n) is 7.47. The number of aromatic nitrogens is 2. The van der Waals surface area contributed by atoms with Crippen LogP contribution in [0.1, 0.15) is 12.5 Å². The number of nitrogens with zero attached hydrogens (tertiary/aromatic N) is 2. The van der Waals surface area contributed by atoms with E-state index in [4.69, 9.17) is 4.74 Å². The van der Waals surface area contributed by atoms with Gasteiger partial charge < -0.3 is 4.74 Å². The smallest absolute Gasteiger partial charge is 0.316 e. The Bertz CT molecular complexity index is 271. The standard InChI is InChI=1S/C9H12N2OS/c1-2-12-9-10-6-8(7-11-9)4-3-5-13/h3-4,6-7,13H,2,5H2,1H3. The summed E-state index contributed by atoms with van der Waals surface area (Å²) in [6, 6.07) is 0.422. The van der Waals surface area contributed by atoms with Crippen LogP contribution in [0.25, 0.3) is 6.08 Å². The molecule has 70 valence electrons. The predicted molar refractivity (Wildman–Crippen MR) is 56.1 cm³/mol. The Hall–Kier alpha value is -1.03. The fourth-order valence-electron chi connectivity index (χ4n) is 0.805. The summed E-state index contributed by atoms with van der Waals surface area (Å²) < 4.78 is 5.10. The van der Waals surface area contributed by atoms with E-state index in [1.807, 2.05) is 19.1 Å². The zero-order valence-corrected chi connectivity index (χ0v) is 8.37. The highest BCUT2D eigenvalue weighted by Gasteiger charge is 1.93. The molecule has 0 aromatic carbocycles. The second-order valence-corrected chi connectivity index (χ2v) is 2.68. The molecule has 1 aromatic rings. The second-order valence-electron chi connectivity index (χ2n) is 2.32. The van der Waals surface area contributed by atoms with Crippen molar-refractivity contribution in [3.8, 4) is 6.01 Å². The van der Waals surface area contributed by atoms with Crippen LogP contribution in [0.3, 0.4) is 0 Å². The van der Waals surface area contributed by atoms with Gasteiger partial charge in [0.2, 0.25) is 0 Å². The number of hydrogen-bond donors (Lipinski definition) is 1. The van der Waals surface area contributed by atoms with Crippen LogP contribution in [0.15, 0.2) is 18.5 Å². The van der Waals surface area contributed by atoms with Crippen molar-refractivity contribution in [1.82, 2.24) is 9.97 Å². The number of thiol groups is 1. The van der Waals surface area contributed by atoms with E-state index in [0.717, 1.165) is 5.56 Å². The molecule has 0 saturated carbocycles. The van der Waals surface area contributed by atoms with Gasteiger partial charge in [-0.15, -0.1) is 0 Å². The number of rotatable bonds is 4. The molecule has 0 spiro atoms. The lowest BCUT2D eigenvalue weighted by atomic mass is 10.3. The van der Waals surface area contributed by atoms with E-state index >= 15 is 0 Å². The Balaban J connectivity index is 2.64. The highest BCUT2D eigenvalue weighted by Crippen LogP contribution is 2.03.